The number of benzene rings is 1. The van der Waals surface area contributed by atoms with Crippen LogP contribution in [0.3, 0.4) is 0 Å². The van der Waals surface area contributed by atoms with E-state index in [2.05, 4.69) is 45.8 Å². The molecule has 1 saturated heterocycles. The number of rotatable bonds is 6. The molecule has 1 aromatic heterocycles. The quantitative estimate of drug-likeness (QED) is 0.499. The lowest BCUT2D eigenvalue weighted by atomic mass is 9.92. The van der Waals surface area contributed by atoms with E-state index < -0.39 is 0 Å². The van der Waals surface area contributed by atoms with Crippen molar-refractivity contribution in [2.45, 2.75) is 53.4 Å². The topological polar surface area (TPSA) is 47.9 Å². The fourth-order valence-electron chi connectivity index (χ4n) is 4.43. The standard InChI is InChI=1S/C27H35FN6.C2H6/c1-18(2)17-34-20(4)19(3)13-26(31-34)22-14-24(28)23-16-25(29-30-27(23)15-22)21-7-9-33(10-8-21)12-11-32(5)6;1-2/h13-17,21H,4,7-12H2,1-3,5-6H3;1-2H3. The molecule has 6 nitrogen and oxygen atoms in total. The number of allylic oxidation sites excluding steroid dienone is 3. The zero-order chi connectivity index (χ0) is 26.4. The van der Waals surface area contributed by atoms with Crippen LogP contribution in [0.2, 0.25) is 0 Å². The van der Waals surface area contributed by atoms with Crippen molar-refractivity contribution in [3.05, 3.63) is 71.0 Å². The number of likely N-dealkylation sites (N-methyl/N-ethyl adjacent to an activating group) is 1. The smallest absolute Gasteiger partial charge is 0.133 e. The molecular weight excluding hydrogens is 451 g/mol. The Morgan fingerprint density at radius 1 is 1.14 bits per heavy atom. The summed E-state index contributed by atoms with van der Waals surface area (Å²) in [5.74, 6) is 0.0301. The molecule has 4 rings (SSSR count). The highest BCUT2D eigenvalue weighted by atomic mass is 19.1. The first kappa shape index (κ1) is 27.7. The van der Waals surface area contributed by atoms with Crippen LogP contribution < -0.4 is 0 Å². The molecule has 0 unspecified atom stereocenters. The third kappa shape index (κ3) is 6.65. The Morgan fingerprint density at radius 2 is 1.83 bits per heavy atom. The van der Waals surface area contributed by atoms with Gasteiger partial charge in [0.05, 0.1) is 22.6 Å². The van der Waals surface area contributed by atoms with E-state index in [0.29, 0.717) is 28.1 Å². The lowest BCUT2D eigenvalue weighted by Gasteiger charge is -2.32. The van der Waals surface area contributed by atoms with Crippen molar-refractivity contribution in [3.63, 3.8) is 0 Å². The highest BCUT2D eigenvalue weighted by Crippen LogP contribution is 2.30. The number of halogens is 1. The fraction of sp³-hybridized carbons (Fsp3) is 0.483. The SMILES string of the molecule is C=C1C(C)=CC(c2cc(F)c3cc(C4CCN(CCN(C)C)CC4)nnc3c2)=NN1C=C(C)C.CC. The second-order valence-corrected chi connectivity index (χ2v) is 9.89. The maximum absolute atomic E-state index is 15.3. The monoisotopic (exact) mass is 492 g/mol. The second-order valence-electron chi connectivity index (χ2n) is 9.89. The summed E-state index contributed by atoms with van der Waals surface area (Å²) < 4.78 is 15.3. The third-order valence-corrected chi connectivity index (χ3v) is 6.52. The minimum atomic E-state index is -0.293. The molecule has 0 bridgehead atoms. The minimum absolute atomic E-state index is 0.293. The van der Waals surface area contributed by atoms with Crippen LogP contribution in [0.1, 0.15) is 64.6 Å². The normalized spacial score (nSPS) is 17.0. The maximum Gasteiger partial charge on any atom is 0.133 e. The molecule has 0 saturated carbocycles. The molecule has 2 aliphatic heterocycles. The van der Waals surface area contributed by atoms with Gasteiger partial charge in [-0.25, -0.2) is 9.40 Å². The van der Waals surface area contributed by atoms with E-state index in [1.165, 1.54) is 0 Å². The highest BCUT2D eigenvalue weighted by molar-refractivity contribution is 6.11. The van der Waals surface area contributed by atoms with Crippen LogP contribution in [0.25, 0.3) is 10.9 Å². The zero-order valence-corrected chi connectivity index (χ0v) is 23.0. The number of nitrogens with zero attached hydrogens (tertiary/aromatic N) is 6. The summed E-state index contributed by atoms with van der Waals surface area (Å²) in [5.41, 5.74) is 5.70. The van der Waals surface area contributed by atoms with Gasteiger partial charge in [0.25, 0.3) is 0 Å². The Labute approximate surface area is 215 Å². The molecule has 2 aromatic rings. The Morgan fingerprint density at radius 3 is 2.47 bits per heavy atom. The number of hydrogen-bond acceptors (Lipinski definition) is 6. The molecule has 36 heavy (non-hydrogen) atoms. The number of fused-ring (bicyclic) bond motifs is 1. The van der Waals surface area contributed by atoms with Crippen molar-refractivity contribution >= 4 is 16.6 Å². The first-order valence-electron chi connectivity index (χ1n) is 13.0. The zero-order valence-electron chi connectivity index (χ0n) is 23.0. The van der Waals surface area contributed by atoms with Crippen molar-refractivity contribution < 1.29 is 4.39 Å². The number of likely N-dealkylation sites (tertiary alicyclic amines) is 1. The molecule has 0 atom stereocenters. The van der Waals surface area contributed by atoms with Gasteiger partial charge >= 0.3 is 0 Å². The molecule has 3 heterocycles. The average Bonchev–Trinajstić information content (AvgIpc) is 2.86. The van der Waals surface area contributed by atoms with Gasteiger partial charge < -0.3 is 9.80 Å². The molecule has 0 amide bonds. The highest BCUT2D eigenvalue weighted by Gasteiger charge is 2.23. The van der Waals surface area contributed by atoms with Gasteiger partial charge in [0.1, 0.15) is 5.82 Å². The molecule has 1 fully saturated rings. The Hall–Kier alpha value is -2.90. The summed E-state index contributed by atoms with van der Waals surface area (Å²) in [6.07, 6.45) is 5.91. The Bertz CT molecular complexity index is 1170. The van der Waals surface area contributed by atoms with Gasteiger partial charge in [0, 0.05) is 36.2 Å². The summed E-state index contributed by atoms with van der Waals surface area (Å²) in [6, 6.07) is 5.31. The van der Waals surface area contributed by atoms with E-state index in [4.69, 9.17) is 0 Å². The van der Waals surface area contributed by atoms with Crippen molar-refractivity contribution in [1.29, 1.82) is 0 Å². The molecule has 0 radical (unpaired) electrons. The molecule has 0 N–H and O–H groups in total. The van der Waals surface area contributed by atoms with Crippen LogP contribution in [0, 0.1) is 5.82 Å². The van der Waals surface area contributed by atoms with E-state index in [9.17, 15) is 0 Å². The predicted molar refractivity (Wildman–Crippen MR) is 149 cm³/mol. The molecule has 2 aliphatic rings. The van der Waals surface area contributed by atoms with Crippen LogP contribution in [0.5, 0.6) is 0 Å². The lowest BCUT2D eigenvalue weighted by molar-refractivity contribution is 0.192. The van der Waals surface area contributed by atoms with Gasteiger partial charge in [-0.2, -0.15) is 15.3 Å². The van der Waals surface area contributed by atoms with Crippen LogP contribution in [0.15, 0.2) is 59.0 Å². The van der Waals surface area contributed by atoms with E-state index in [1.807, 2.05) is 59.0 Å². The van der Waals surface area contributed by atoms with Gasteiger partial charge in [-0.05, 0) is 90.6 Å². The van der Waals surface area contributed by atoms with Gasteiger partial charge in [0.15, 0.2) is 0 Å². The van der Waals surface area contributed by atoms with Crippen LogP contribution in [0.4, 0.5) is 4.39 Å². The molecule has 0 aliphatic carbocycles. The summed E-state index contributed by atoms with van der Waals surface area (Å²) in [6.45, 7) is 18.3. The number of hydrogen-bond donors (Lipinski definition) is 0. The first-order valence-corrected chi connectivity index (χ1v) is 13.0. The van der Waals surface area contributed by atoms with Crippen molar-refractivity contribution in [2.75, 3.05) is 40.3 Å². The van der Waals surface area contributed by atoms with Gasteiger partial charge in [-0.1, -0.05) is 26.0 Å². The summed E-state index contributed by atoms with van der Waals surface area (Å²) in [5, 5.41) is 15.9. The van der Waals surface area contributed by atoms with Gasteiger partial charge in [-0.15, -0.1) is 0 Å². The Balaban J connectivity index is 0.00000176. The molecule has 1 aromatic carbocycles. The number of piperidine rings is 1. The lowest BCUT2D eigenvalue weighted by Crippen LogP contribution is -2.37. The van der Waals surface area contributed by atoms with Gasteiger partial charge in [-0.3, -0.25) is 0 Å². The summed E-state index contributed by atoms with van der Waals surface area (Å²) in [7, 11) is 4.21. The average molecular weight is 493 g/mol. The maximum atomic E-state index is 15.3. The number of hydrazone groups is 1. The van der Waals surface area contributed by atoms with E-state index in [0.717, 1.165) is 61.6 Å². The predicted octanol–water partition coefficient (Wildman–Crippen LogP) is 5.94. The molecule has 0 spiro atoms. The van der Waals surface area contributed by atoms with Crippen LogP contribution in [-0.2, 0) is 0 Å². The fourth-order valence-corrected chi connectivity index (χ4v) is 4.43. The van der Waals surface area contributed by atoms with Crippen molar-refractivity contribution in [2.24, 2.45) is 5.10 Å². The third-order valence-electron chi connectivity index (χ3n) is 6.52. The first-order chi connectivity index (χ1) is 17.2. The van der Waals surface area contributed by atoms with Crippen LogP contribution in [-0.4, -0.2) is 71.0 Å². The molecule has 194 valence electrons. The summed E-state index contributed by atoms with van der Waals surface area (Å²) >= 11 is 0. The second kappa shape index (κ2) is 12.4. The van der Waals surface area contributed by atoms with E-state index in [1.54, 1.807) is 11.1 Å². The van der Waals surface area contributed by atoms with Crippen molar-refractivity contribution in [3.8, 4) is 0 Å². The largest absolute Gasteiger partial charge is 0.308 e. The Kier molecular flexibility index (Phi) is 9.51. The van der Waals surface area contributed by atoms with Gasteiger partial charge in [0.2, 0.25) is 0 Å². The van der Waals surface area contributed by atoms with Crippen LogP contribution >= 0.6 is 0 Å². The molecule has 7 heteroatoms. The van der Waals surface area contributed by atoms with Crippen molar-refractivity contribution in [1.82, 2.24) is 25.0 Å². The molecular formula is C29H41FN6. The number of aromatic nitrogens is 2. The summed E-state index contributed by atoms with van der Waals surface area (Å²) in [4.78, 5) is 4.70. The van der Waals surface area contributed by atoms with E-state index in [-0.39, 0.29) is 5.82 Å². The minimum Gasteiger partial charge on any atom is -0.308 e. The van der Waals surface area contributed by atoms with E-state index >= 15 is 4.39 Å².